The van der Waals surface area contributed by atoms with Crippen LogP contribution in [-0.2, 0) is 9.53 Å². The van der Waals surface area contributed by atoms with E-state index >= 15 is 0 Å². The molecule has 0 N–H and O–H groups in total. The minimum absolute atomic E-state index is 0.0381. The maximum absolute atomic E-state index is 13.7. The Morgan fingerprint density at radius 1 is 1.00 bits per heavy atom. The van der Waals surface area contributed by atoms with Gasteiger partial charge in [0.1, 0.15) is 6.04 Å². The summed E-state index contributed by atoms with van der Waals surface area (Å²) in [5.41, 5.74) is 1.35. The van der Waals surface area contributed by atoms with Crippen LogP contribution in [0.2, 0.25) is 0 Å². The summed E-state index contributed by atoms with van der Waals surface area (Å²) >= 11 is 0. The van der Waals surface area contributed by atoms with Gasteiger partial charge in [-0.15, -0.1) is 0 Å². The number of carbonyl (C=O) groups excluding carboxylic acids is 2. The molecule has 0 saturated carbocycles. The van der Waals surface area contributed by atoms with Crippen molar-refractivity contribution in [2.45, 2.75) is 44.6 Å². The van der Waals surface area contributed by atoms with Crippen LogP contribution in [0.3, 0.4) is 0 Å². The average Bonchev–Trinajstić information content (AvgIpc) is 3.33. The molecule has 3 fully saturated rings. The third-order valence-corrected chi connectivity index (χ3v) is 7.22. The lowest BCUT2D eigenvalue weighted by atomic mass is 9.67. The number of nitrogens with zero attached hydrogens (tertiary/aromatic N) is 3. The maximum Gasteiger partial charge on any atom is 0.254 e. The Balaban J connectivity index is 1.51. The molecule has 1 atom stereocenters. The number of aromatic nitrogens is 1. The van der Waals surface area contributed by atoms with E-state index in [0.717, 1.165) is 62.5 Å². The fourth-order valence-electron chi connectivity index (χ4n) is 5.60. The summed E-state index contributed by atoms with van der Waals surface area (Å²) < 4.78 is 5.64. The second-order valence-electron chi connectivity index (χ2n) is 8.92. The molecule has 1 aromatic heterocycles. The van der Waals surface area contributed by atoms with Crippen molar-refractivity contribution in [2.75, 3.05) is 32.8 Å². The van der Waals surface area contributed by atoms with Gasteiger partial charge >= 0.3 is 0 Å². The van der Waals surface area contributed by atoms with Crippen molar-refractivity contribution in [2.24, 2.45) is 5.41 Å². The van der Waals surface area contributed by atoms with Crippen molar-refractivity contribution in [1.82, 2.24) is 14.8 Å². The van der Waals surface area contributed by atoms with E-state index in [1.807, 2.05) is 40.1 Å². The first-order chi connectivity index (χ1) is 14.7. The number of rotatable bonds is 2. The molecule has 4 heterocycles. The van der Waals surface area contributed by atoms with E-state index in [4.69, 9.17) is 4.74 Å². The Morgan fingerprint density at radius 2 is 1.80 bits per heavy atom. The highest BCUT2D eigenvalue weighted by molar-refractivity contribution is 6.00. The smallest absolute Gasteiger partial charge is 0.254 e. The third-order valence-electron chi connectivity index (χ3n) is 7.22. The average molecular weight is 408 g/mol. The number of pyridine rings is 1. The minimum Gasteiger partial charge on any atom is -0.381 e. The minimum atomic E-state index is -0.384. The lowest BCUT2D eigenvalue weighted by Crippen LogP contribution is -2.62. The second kappa shape index (κ2) is 7.99. The van der Waals surface area contributed by atoms with Crippen LogP contribution in [0.4, 0.5) is 0 Å². The first-order valence-corrected chi connectivity index (χ1v) is 11.2. The molecule has 3 aliphatic rings. The summed E-state index contributed by atoms with van der Waals surface area (Å²) in [6.45, 7) is 3.61. The van der Waals surface area contributed by atoms with Gasteiger partial charge in [0.2, 0.25) is 5.91 Å². The Hall–Kier alpha value is -2.47. The molecule has 0 bridgehead atoms. The molecule has 3 aliphatic heterocycles. The van der Waals surface area contributed by atoms with Crippen molar-refractivity contribution >= 4 is 22.7 Å². The quantitative estimate of drug-likeness (QED) is 0.767. The molecule has 2 aromatic rings. The topological polar surface area (TPSA) is 62.7 Å². The van der Waals surface area contributed by atoms with Crippen LogP contribution >= 0.6 is 0 Å². The molecule has 0 radical (unpaired) electrons. The van der Waals surface area contributed by atoms with Crippen molar-refractivity contribution < 1.29 is 14.3 Å². The van der Waals surface area contributed by atoms with Crippen LogP contribution in [0.25, 0.3) is 10.9 Å². The number of fused-ring (bicyclic) bond motifs is 1. The van der Waals surface area contributed by atoms with Gasteiger partial charge in [-0.05, 0) is 62.8 Å². The maximum atomic E-state index is 13.7. The Kier molecular flexibility index (Phi) is 5.19. The zero-order chi connectivity index (χ0) is 20.6. The van der Waals surface area contributed by atoms with Gasteiger partial charge in [-0.25, -0.2) is 0 Å². The molecule has 6 nitrogen and oxygen atoms in total. The fraction of sp³-hybridized carbons (Fsp3) is 0.542. The number of hydrogen-bond donors (Lipinski definition) is 0. The molecular weight excluding hydrogens is 378 g/mol. The Labute approximate surface area is 177 Å². The largest absolute Gasteiger partial charge is 0.381 e. The zero-order valence-electron chi connectivity index (χ0n) is 17.4. The van der Waals surface area contributed by atoms with Crippen molar-refractivity contribution in [3.8, 4) is 0 Å². The van der Waals surface area contributed by atoms with Gasteiger partial charge in [0.15, 0.2) is 0 Å². The predicted molar refractivity (Wildman–Crippen MR) is 114 cm³/mol. The highest BCUT2D eigenvalue weighted by atomic mass is 16.5. The summed E-state index contributed by atoms with van der Waals surface area (Å²) in [6.07, 6.45) is 7.50. The van der Waals surface area contributed by atoms with Crippen LogP contribution in [-0.4, -0.2) is 65.5 Å². The van der Waals surface area contributed by atoms with E-state index in [1.165, 1.54) is 0 Å². The summed E-state index contributed by atoms with van der Waals surface area (Å²) in [6, 6.07) is 9.13. The van der Waals surface area contributed by atoms with Gasteiger partial charge in [-0.1, -0.05) is 6.07 Å². The lowest BCUT2D eigenvalue weighted by molar-refractivity contribution is -0.147. The van der Waals surface area contributed by atoms with E-state index in [1.54, 1.807) is 6.20 Å². The molecule has 1 aromatic carbocycles. The molecular formula is C24H29N3O3. The van der Waals surface area contributed by atoms with Gasteiger partial charge in [0.25, 0.3) is 5.91 Å². The van der Waals surface area contributed by atoms with E-state index in [2.05, 4.69) is 4.98 Å². The zero-order valence-corrected chi connectivity index (χ0v) is 17.4. The van der Waals surface area contributed by atoms with Crippen LogP contribution in [0, 0.1) is 5.41 Å². The molecule has 1 spiro atoms. The first kappa shape index (κ1) is 19.5. The van der Waals surface area contributed by atoms with Gasteiger partial charge in [0.05, 0.1) is 5.52 Å². The summed E-state index contributed by atoms with van der Waals surface area (Å²) in [4.78, 5) is 35.6. The van der Waals surface area contributed by atoms with Crippen LogP contribution < -0.4 is 0 Å². The molecule has 1 unspecified atom stereocenters. The number of ether oxygens (including phenoxy) is 1. The highest BCUT2D eigenvalue weighted by Gasteiger charge is 2.52. The Bertz CT molecular complexity index is 942. The molecule has 6 heteroatoms. The van der Waals surface area contributed by atoms with Crippen LogP contribution in [0.1, 0.15) is 48.9 Å². The number of amides is 2. The second-order valence-corrected chi connectivity index (χ2v) is 8.92. The molecule has 0 aliphatic carbocycles. The lowest BCUT2D eigenvalue weighted by Gasteiger charge is -2.51. The summed E-state index contributed by atoms with van der Waals surface area (Å²) in [5, 5.41) is 0.948. The number of benzene rings is 1. The SMILES string of the molecule is O=C(C1N(C(=O)c2ccc3ncccc3c2)CCCC12CCOCC2)N1CCCC1. The van der Waals surface area contributed by atoms with Crippen LogP contribution in [0.5, 0.6) is 0 Å². The van der Waals surface area contributed by atoms with Crippen LogP contribution in [0.15, 0.2) is 36.5 Å². The van der Waals surface area contributed by atoms with Gasteiger partial charge in [0, 0.05) is 55.4 Å². The monoisotopic (exact) mass is 407 g/mol. The van der Waals surface area contributed by atoms with E-state index < -0.39 is 0 Å². The molecule has 3 saturated heterocycles. The number of likely N-dealkylation sites (tertiary alicyclic amines) is 2. The summed E-state index contributed by atoms with van der Waals surface area (Å²) in [5.74, 6) is 0.105. The van der Waals surface area contributed by atoms with E-state index in [0.29, 0.717) is 25.3 Å². The van der Waals surface area contributed by atoms with Gasteiger partial charge in [-0.2, -0.15) is 0 Å². The van der Waals surface area contributed by atoms with Crippen molar-refractivity contribution in [3.05, 3.63) is 42.1 Å². The van der Waals surface area contributed by atoms with E-state index in [-0.39, 0.29) is 23.3 Å². The normalized spacial score (nSPS) is 23.8. The first-order valence-electron chi connectivity index (χ1n) is 11.2. The molecule has 158 valence electrons. The number of carbonyl (C=O) groups is 2. The van der Waals surface area contributed by atoms with E-state index in [9.17, 15) is 9.59 Å². The van der Waals surface area contributed by atoms with Gasteiger partial charge < -0.3 is 14.5 Å². The molecule has 5 rings (SSSR count). The predicted octanol–water partition coefficient (Wildman–Crippen LogP) is 3.26. The number of hydrogen-bond acceptors (Lipinski definition) is 4. The highest BCUT2D eigenvalue weighted by Crippen LogP contribution is 2.45. The fourth-order valence-corrected chi connectivity index (χ4v) is 5.60. The number of piperidine rings is 1. The van der Waals surface area contributed by atoms with Gasteiger partial charge in [-0.3, -0.25) is 14.6 Å². The molecule has 30 heavy (non-hydrogen) atoms. The molecule has 2 amide bonds. The standard InChI is InChI=1S/C24H29N3O3/c28-22(19-6-7-20-18(17-19)5-3-11-25-20)27-14-4-8-24(9-15-30-16-10-24)21(27)23(29)26-12-1-2-13-26/h3,5-7,11,17,21H,1-2,4,8-10,12-16H2. The van der Waals surface area contributed by atoms with Crippen molar-refractivity contribution in [1.29, 1.82) is 0 Å². The summed E-state index contributed by atoms with van der Waals surface area (Å²) in [7, 11) is 0. The Morgan fingerprint density at radius 3 is 2.60 bits per heavy atom. The van der Waals surface area contributed by atoms with Crippen molar-refractivity contribution in [3.63, 3.8) is 0 Å². The third kappa shape index (κ3) is 3.37.